The van der Waals surface area contributed by atoms with Gasteiger partial charge in [0.25, 0.3) is 0 Å². The number of carbonyl (C=O) groups is 1. The summed E-state index contributed by atoms with van der Waals surface area (Å²) in [5.74, 6) is 0.577. The maximum absolute atomic E-state index is 13.1. The zero-order chi connectivity index (χ0) is 18.6. The molecule has 1 aliphatic rings. The Morgan fingerprint density at radius 3 is 2.74 bits per heavy atom. The second-order valence-corrected chi connectivity index (χ2v) is 6.41. The normalized spacial score (nSPS) is 16.9. The van der Waals surface area contributed by atoms with Crippen molar-refractivity contribution in [3.8, 4) is 11.4 Å². The first-order valence-corrected chi connectivity index (χ1v) is 8.74. The summed E-state index contributed by atoms with van der Waals surface area (Å²) in [4.78, 5) is 22.6. The van der Waals surface area contributed by atoms with E-state index in [4.69, 9.17) is 4.52 Å². The molecule has 4 rings (SSSR count). The van der Waals surface area contributed by atoms with E-state index in [2.05, 4.69) is 20.4 Å². The second kappa shape index (κ2) is 7.53. The summed E-state index contributed by atoms with van der Waals surface area (Å²) >= 11 is 0. The van der Waals surface area contributed by atoms with Gasteiger partial charge in [0.1, 0.15) is 5.82 Å². The summed E-state index contributed by atoms with van der Waals surface area (Å²) in [6.07, 6.45) is 4.97. The van der Waals surface area contributed by atoms with Gasteiger partial charge < -0.3 is 14.7 Å². The maximum Gasteiger partial charge on any atom is 0.321 e. The molecule has 3 aromatic rings. The number of aromatic nitrogens is 3. The van der Waals surface area contributed by atoms with E-state index in [1.165, 1.54) is 12.1 Å². The molecule has 0 spiro atoms. The Morgan fingerprint density at radius 1 is 1.19 bits per heavy atom. The number of urea groups is 1. The van der Waals surface area contributed by atoms with Crippen LogP contribution in [0.25, 0.3) is 11.4 Å². The van der Waals surface area contributed by atoms with Gasteiger partial charge in [0.15, 0.2) is 0 Å². The van der Waals surface area contributed by atoms with Crippen LogP contribution in [0.5, 0.6) is 0 Å². The Bertz CT molecular complexity index is 913. The van der Waals surface area contributed by atoms with E-state index < -0.39 is 0 Å². The Balaban J connectivity index is 1.44. The molecule has 7 nitrogen and oxygen atoms in total. The van der Waals surface area contributed by atoms with Gasteiger partial charge in [0.05, 0.1) is 5.92 Å². The number of amides is 2. The monoisotopic (exact) mass is 367 g/mol. The van der Waals surface area contributed by atoms with Crippen molar-refractivity contribution in [3.63, 3.8) is 0 Å². The Morgan fingerprint density at radius 2 is 1.96 bits per heavy atom. The highest BCUT2D eigenvalue weighted by molar-refractivity contribution is 5.89. The van der Waals surface area contributed by atoms with E-state index in [0.717, 1.165) is 12.8 Å². The van der Waals surface area contributed by atoms with E-state index >= 15 is 0 Å². The average molecular weight is 367 g/mol. The summed E-state index contributed by atoms with van der Waals surface area (Å²) < 4.78 is 18.5. The van der Waals surface area contributed by atoms with Crippen molar-refractivity contribution in [2.45, 2.75) is 18.8 Å². The van der Waals surface area contributed by atoms with Crippen molar-refractivity contribution in [2.24, 2.45) is 0 Å². The molecule has 1 atom stereocenters. The lowest BCUT2D eigenvalue weighted by Gasteiger charge is -2.31. The number of likely N-dealkylation sites (tertiary alicyclic amines) is 1. The van der Waals surface area contributed by atoms with Crippen LogP contribution in [0.1, 0.15) is 24.7 Å². The molecule has 1 fully saturated rings. The summed E-state index contributed by atoms with van der Waals surface area (Å²) in [7, 11) is 0. The van der Waals surface area contributed by atoms with Crippen LogP contribution in [-0.4, -0.2) is 39.1 Å². The van der Waals surface area contributed by atoms with Crippen molar-refractivity contribution >= 4 is 11.7 Å². The highest BCUT2D eigenvalue weighted by Gasteiger charge is 2.28. The van der Waals surface area contributed by atoms with Crippen LogP contribution in [-0.2, 0) is 0 Å². The molecule has 1 aromatic carbocycles. The van der Waals surface area contributed by atoms with Crippen molar-refractivity contribution in [1.29, 1.82) is 0 Å². The van der Waals surface area contributed by atoms with Gasteiger partial charge >= 0.3 is 6.03 Å². The molecule has 1 unspecified atom stereocenters. The minimum absolute atomic E-state index is 0.0244. The number of pyridine rings is 1. The lowest BCUT2D eigenvalue weighted by atomic mass is 9.98. The molecule has 27 heavy (non-hydrogen) atoms. The van der Waals surface area contributed by atoms with Crippen LogP contribution >= 0.6 is 0 Å². The standard InChI is InChI=1S/C19H18FN5O2/c20-15-5-3-13(4-6-15)17-23-18(27-24-17)14-2-1-11-25(12-14)19(26)22-16-7-9-21-10-8-16/h3-10,14H,1-2,11-12H2,(H,21,22,26). The number of hydrogen-bond acceptors (Lipinski definition) is 5. The van der Waals surface area contributed by atoms with E-state index in [1.807, 2.05) is 0 Å². The molecule has 8 heteroatoms. The third-order valence-corrected chi connectivity index (χ3v) is 4.53. The molecule has 138 valence electrons. The molecule has 1 saturated heterocycles. The van der Waals surface area contributed by atoms with Crippen molar-refractivity contribution in [1.82, 2.24) is 20.0 Å². The number of nitrogens with zero attached hydrogens (tertiary/aromatic N) is 4. The van der Waals surface area contributed by atoms with Gasteiger partial charge in [-0.15, -0.1) is 0 Å². The van der Waals surface area contributed by atoms with Crippen LogP contribution in [0.3, 0.4) is 0 Å². The number of nitrogens with one attached hydrogen (secondary N) is 1. The fraction of sp³-hybridized carbons (Fsp3) is 0.263. The predicted molar refractivity (Wildman–Crippen MR) is 96.5 cm³/mol. The first kappa shape index (κ1) is 17.1. The van der Waals surface area contributed by atoms with E-state index in [0.29, 0.717) is 36.1 Å². The van der Waals surface area contributed by atoms with Crippen molar-refractivity contribution < 1.29 is 13.7 Å². The molecule has 1 N–H and O–H groups in total. The number of benzene rings is 1. The van der Waals surface area contributed by atoms with Crippen LogP contribution < -0.4 is 5.32 Å². The number of carbonyl (C=O) groups excluding carboxylic acids is 1. The molecular weight excluding hydrogens is 349 g/mol. The third kappa shape index (κ3) is 3.94. The first-order valence-electron chi connectivity index (χ1n) is 8.74. The molecule has 2 aromatic heterocycles. The largest absolute Gasteiger partial charge is 0.339 e. The molecule has 0 radical (unpaired) electrons. The van der Waals surface area contributed by atoms with Crippen LogP contribution in [0.15, 0.2) is 53.3 Å². The van der Waals surface area contributed by atoms with Gasteiger partial charge in [0.2, 0.25) is 11.7 Å². The summed E-state index contributed by atoms with van der Waals surface area (Å²) in [5, 5.41) is 6.86. The molecule has 0 bridgehead atoms. The maximum atomic E-state index is 13.1. The first-order chi connectivity index (χ1) is 13.2. The highest BCUT2D eigenvalue weighted by Crippen LogP contribution is 2.28. The minimum Gasteiger partial charge on any atom is -0.339 e. The van der Waals surface area contributed by atoms with Gasteiger partial charge in [-0.25, -0.2) is 9.18 Å². The molecule has 0 aliphatic carbocycles. The molecular formula is C19H18FN5O2. The van der Waals surface area contributed by atoms with E-state index in [9.17, 15) is 9.18 Å². The summed E-state index contributed by atoms with van der Waals surface area (Å²) in [6.45, 7) is 1.17. The van der Waals surface area contributed by atoms with Gasteiger partial charge in [-0.2, -0.15) is 4.98 Å². The SMILES string of the molecule is O=C(Nc1ccncc1)N1CCCC(c2nc(-c3ccc(F)cc3)no2)C1. The Kier molecular flexibility index (Phi) is 4.78. The quantitative estimate of drug-likeness (QED) is 0.763. The molecule has 0 saturated carbocycles. The Labute approximate surface area is 155 Å². The predicted octanol–water partition coefficient (Wildman–Crippen LogP) is 3.68. The lowest BCUT2D eigenvalue weighted by molar-refractivity contribution is 0.184. The number of hydrogen-bond donors (Lipinski definition) is 1. The van der Waals surface area contributed by atoms with Crippen LogP contribution in [0.2, 0.25) is 0 Å². The van der Waals surface area contributed by atoms with Crippen molar-refractivity contribution in [3.05, 3.63) is 60.5 Å². The number of rotatable bonds is 3. The number of anilines is 1. The minimum atomic E-state index is -0.314. The van der Waals surface area contributed by atoms with Gasteiger partial charge in [-0.3, -0.25) is 4.98 Å². The summed E-state index contributed by atoms with van der Waals surface area (Å²) in [5.41, 5.74) is 1.39. The average Bonchev–Trinajstić information content (AvgIpc) is 3.20. The zero-order valence-corrected chi connectivity index (χ0v) is 14.5. The second-order valence-electron chi connectivity index (χ2n) is 6.41. The molecule has 2 amide bonds. The van der Waals surface area contributed by atoms with Crippen LogP contribution in [0, 0.1) is 5.82 Å². The van der Waals surface area contributed by atoms with Gasteiger partial charge in [-0.1, -0.05) is 5.16 Å². The fourth-order valence-electron chi connectivity index (χ4n) is 3.12. The van der Waals surface area contributed by atoms with Gasteiger partial charge in [-0.05, 0) is 49.2 Å². The molecule has 1 aliphatic heterocycles. The number of piperidine rings is 1. The highest BCUT2D eigenvalue weighted by atomic mass is 19.1. The lowest BCUT2D eigenvalue weighted by Crippen LogP contribution is -2.41. The topological polar surface area (TPSA) is 84.2 Å². The van der Waals surface area contributed by atoms with E-state index in [1.54, 1.807) is 41.6 Å². The fourth-order valence-corrected chi connectivity index (χ4v) is 3.12. The summed E-state index contributed by atoms with van der Waals surface area (Å²) in [6, 6.07) is 9.26. The number of halogens is 1. The van der Waals surface area contributed by atoms with E-state index in [-0.39, 0.29) is 17.8 Å². The van der Waals surface area contributed by atoms with Crippen molar-refractivity contribution in [2.75, 3.05) is 18.4 Å². The Hall–Kier alpha value is -3.29. The zero-order valence-electron chi connectivity index (χ0n) is 14.5. The third-order valence-electron chi connectivity index (χ3n) is 4.53. The smallest absolute Gasteiger partial charge is 0.321 e. The molecule has 3 heterocycles. The van der Waals surface area contributed by atoms with Gasteiger partial charge in [0, 0.05) is 36.7 Å². The van der Waals surface area contributed by atoms with Crippen LogP contribution in [0.4, 0.5) is 14.9 Å².